The van der Waals surface area contributed by atoms with E-state index in [1.807, 2.05) is 0 Å². The molecule has 0 aliphatic carbocycles. The molecule has 1 heterocycles. The van der Waals surface area contributed by atoms with Crippen molar-refractivity contribution in [3.63, 3.8) is 0 Å². The molecule has 3 aromatic rings. The summed E-state index contributed by atoms with van der Waals surface area (Å²) in [7, 11) is -3.85. The number of benzene rings is 3. The number of hydrogen-bond acceptors (Lipinski definition) is 5. The monoisotopic (exact) mass is 492 g/mol. The van der Waals surface area contributed by atoms with Gasteiger partial charge in [0.15, 0.2) is 11.5 Å². The van der Waals surface area contributed by atoms with E-state index in [-0.39, 0.29) is 20.5 Å². The Bertz CT molecular complexity index is 1260. The highest BCUT2D eigenvalue weighted by molar-refractivity contribution is 7.92. The van der Waals surface area contributed by atoms with Crippen molar-refractivity contribution in [2.75, 3.05) is 23.3 Å². The minimum absolute atomic E-state index is 0.0507. The summed E-state index contributed by atoms with van der Waals surface area (Å²) < 4.78 is 39.2. The van der Waals surface area contributed by atoms with E-state index in [0.717, 1.165) is 6.42 Å². The van der Waals surface area contributed by atoms with E-state index in [1.54, 1.807) is 36.4 Å². The first kappa shape index (κ1) is 22.3. The Hall–Kier alpha value is -2.94. The number of ether oxygens (including phenoxy) is 2. The van der Waals surface area contributed by atoms with Crippen molar-refractivity contribution in [1.29, 1.82) is 0 Å². The van der Waals surface area contributed by atoms with Crippen molar-refractivity contribution >= 4 is 50.5 Å². The van der Waals surface area contributed by atoms with Gasteiger partial charge in [-0.15, -0.1) is 0 Å². The minimum atomic E-state index is -3.85. The third-order valence-electron chi connectivity index (χ3n) is 4.62. The van der Waals surface area contributed by atoms with Crippen LogP contribution in [0.25, 0.3) is 0 Å². The highest BCUT2D eigenvalue weighted by Gasteiger charge is 2.19. The zero-order valence-corrected chi connectivity index (χ0v) is 18.9. The van der Waals surface area contributed by atoms with E-state index in [9.17, 15) is 13.2 Å². The zero-order valence-electron chi connectivity index (χ0n) is 16.6. The number of carbonyl (C=O) groups excluding carboxylic acids is 1. The lowest BCUT2D eigenvalue weighted by atomic mass is 10.2. The lowest BCUT2D eigenvalue weighted by Gasteiger charge is -2.12. The molecule has 1 aliphatic heterocycles. The maximum atomic E-state index is 12.8. The van der Waals surface area contributed by atoms with Crippen LogP contribution in [0.2, 0.25) is 10.0 Å². The second-order valence-corrected chi connectivity index (χ2v) is 9.36. The number of nitrogens with one attached hydrogen (secondary N) is 2. The molecule has 7 nitrogen and oxygen atoms in total. The van der Waals surface area contributed by atoms with Gasteiger partial charge in [0.1, 0.15) is 0 Å². The van der Waals surface area contributed by atoms with Crippen LogP contribution in [-0.4, -0.2) is 27.5 Å². The van der Waals surface area contributed by atoms with Crippen molar-refractivity contribution in [2.24, 2.45) is 0 Å². The van der Waals surface area contributed by atoms with Gasteiger partial charge in [-0.2, -0.15) is 0 Å². The van der Waals surface area contributed by atoms with Crippen molar-refractivity contribution in [1.82, 2.24) is 0 Å². The molecule has 2 N–H and O–H groups in total. The van der Waals surface area contributed by atoms with Crippen molar-refractivity contribution in [2.45, 2.75) is 11.3 Å². The summed E-state index contributed by atoms with van der Waals surface area (Å²) in [5.41, 5.74) is 1.03. The van der Waals surface area contributed by atoms with Crippen LogP contribution in [-0.2, 0) is 10.0 Å². The summed E-state index contributed by atoms with van der Waals surface area (Å²) >= 11 is 12.0. The predicted octanol–water partition coefficient (Wildman–Crippen LogP) is 5.21. The Morgan fingerprint density at radius 2 is 1.56 bits per heavy atom. The number of fused-ring (bicyclic) bond motifs is 1. The molecule has 3 aromatic carbocycles. The molecule has 10 heteroatoms. The second kappa shape index (κ2) is 9.28. The maximum absolute atomic E-state index is 12.8. The number of halogens is 2. The molecule has 0 saturated carbocycles. The number of rotatable bonds is 5. The molecular formula is C22H18Cl2N2O5S. The Kier molecular flexibility index (Phi) is 6.45. The van der Waals surface area contributed by atoms with Crippen LogP contribution in [0.1, 0.15) is 16.8 Å². The Balaban J connectivity index is 1.47. The SMILES string of the molecule is O=C(Nc1ccc(NS(=O)(=O)c2ccc3c(c2)OCCCO3)cc1)c1cccc(Cl)c1Cl. The summed E-state index contributed by atoms with van der Waals surface area (Å²) in [6, 6.07) is 15.5. The molecular weight excluding hydrogens is 475 g/mol. The number of carbonyl (C=O) groups is 1. The van der Waals surface area contributed by atoms with Gasteiger partial charge in [0.05, 0.1) is 33.7 Å². The molecule has 4 rings (SSSR count). The Morgan fingerprint density at radius 1 is 0.875 bits per heavy atom. The lowest BCUT2D eigenvalue weighted by Crippen LogP contribution is -2.14. The smallest absolute Gasteiger partial charge is 0.262 e. The summed E-state index contributed by atoms with van der Waals surface area (Å²) in [6.45, 7) is 0.973. The third kappa shape index (κ3) is 4.93. The quantitative estimate of drug-likeness (QED) is 0.509. The number of sulfonamides is 1. The normalized spacial score (nSPS) is 13.2. The van der Waals surface area contributed by atoms with Crippen LogP contribution < -0.4 is 19.5 Å². The summed E-state index contributed by atoms with van der Waals surface area (Å²) in [5, 5.41) is 3.13. The molecule has 32 heavy (non-hydrogen) atoms. The standard InChI is InChI=1S/C22H18Cl2N2O5S/c23-18-4-1-3-17(21(18)24)22(27)25-14-5-7-15(8-6-14)26-32(28,29)16-9-10-19-20(13-16)31-12-2-11-30-19/h1,3-10,13,26H,2,11-12H2,(H,25,27). The summed E-state index contributed by atoms with van der Waals surface area (Å²) in [6.07, 6.45) is 0.724. The maximum Gasteiger partial charge on any atom is 0.262 e. The van der Waals surface area contributed by atoms with Gasteiger partial charge >= 0.3 is 0 Å². The molecule has 1 amide bonds. The van der Waals surface area contributed by atoms with E-state index in [2.05, 4.69) is 10.0 Å². The molecule has 0 spiro atoms. The fourth-order valence-corrected chi connectivity index (χ4v) is 4.48. The van der Waals surface area contributed by atoms with Gasteiger partial charge in [0.2, 0.25) is 0 Å². The van der Waals surface area contributed by atoms with Crippen LogP contribution in [0, 0.1) is 0 Å². The van der Waals surface area contributed by atoms with Crippen molar-refractivity contribution in [3.05, 3.63) is 76.3 Å². The van der Waals surface area contributed by atoms with E-state index >= 15 is 0 Å². The predicted molar refractivity (Wildman–Crippen MR) is 124 cm³/mol. The second-order valence-electron chi connectivity index (χ2n) is 6.90. The fourth-order valence-electron chi connectivity index (χ4n) is 3.02. The van der Waals surface area contributed by atoms with Gasteiger partial charge in [-0.25, -0.2) is 8.42 Å². The average molecular weight is 493 g/mol. The van der Waals surface area contributed by atoms with Crippen LogP contribution in [0.15, 0.2) is 65.6 Å². The van der Waals surface area contributed by atoms with Crippen LogP contribution in [0.3, 0.4) is 0 Å². The molecule has 0 bridgehead atoms. The Morgan fingerprint density at radius 3 is 2.31 bits per heavy atom. The van der Waals surface area contributed by atoms with Crippen LogP contribution >= 0.6 is 23.2 Å². The first-order valence-electron chi connectivity index (χ1n) is 9.61. The van der Waals surface area contributed by atoms with E-state index in [1.165, 1.54) is 24.3 Å². The topological polar surface area (TPSA) is 93.7 Å². The van der Waals surface area contributed by atoms with E-state index in [0.29, 0.717) is 36.1 Å². The molecule has 0 fully saturated rings. The van der Waals surface area contributed by atoms with Gasteiger partial charge in [-0.05, 0) is 48.5 Å². The zero-order chi connectivity index (χ0) is 22.7. The summed E-state index contributed by atoms with van der Waals surface area (Å²) in [4.78, 5) is 12.5. The molecule has 0 aromatic heterocycles. The van der Waals surface area contributed by atoms with E-state index < -0.39 is 15.9 Å². The van der Waals surface area contributed by atoms with Crippen molar-refractivity contribution in [3.8, 4) is 11.5 Å². The van der Waals surface area contributed by atoms with Gasteiger partial charge in [-0.1, -0.05) is 29.3 Å². The first-order chi connectivity index (χ1) is 15.3. The van der Waals surface area contributed by atoms with E-state index in [4.69, 9.17) is 32.7 Å². The largest absolute Gasteiger partial charge is 0.490 e. The molecule has 1 aliphatic rings. The lowest BCUT2D eigenvalue weighted by molar-refractivity contribution is 0.102. The number of amides is 1. The average Bonchev–Trinajstić information content (AvgIpc) is 3.01. The van der Waals surface area contributed by atoms with Crippen LogP contribution in [0.5, 0.6) is 11.5 Å². The van der Waals surface area contributed by atoms with Gasteiger partial charge in [0.25, 0.3) is 15.9 Å². The minimum Gasteiger partial charge on any atom is -0.490 e. The van der Waals surface area contributed by atoms with Crippen molar-refractivity contribution < 1.29 is 22.7 Å². The third-order valence-corrected chi connectivity index (χ3v) is 6.82. The molecule has 0 atom stereocenters. The van der Waals surface area contributed by atoms with Gasteiger partial charge in [0, 0.05) is 23.9 Å². The highest BCUT2D eigenvalue weighted by atomic mass is 35.5. The molecule has 0 unspecified atom stereocenters. The molecule has 166 valence electrons. The van der Waals surface area contributed by atoms with Crippen LogP contribution in [0.4, 0.5) is 11.4 Å². The van der Waals surface area contributed by atoms with Gasteiger partial charge < -0.3 is 14.8 Å². The number of hydrogen-bond donors (Lipinski definition) is 2. The highest BCUT2D eigenvalue weighted by Crippen LogP contribution is 2.32. The number of anilines is 2. The van der Waals surface area contributed by atoms with Gasteiger partial charge in [-0.3, -0.25) is 9.52 Å². The summed E-state index contributed by atoms with van der Waals surface area (Å²) in [5.74, 6) is 0.475. The molecule has 0 saturated heterocycles. The fraction of sp³-hybridized carbons (Fsp3) is 0.136. The Labute approximate surface area is 195 Å². The first-order valence-corrected chi connectivity index (χ1v) is 11.9. The molecule has 0 radical (unpaired) electrons.